The highest BCUT2D eigenvalue weighted by atomic mass is 16.2. The molecule has 0 N–H and O–H groups in total. The molecule has 2 heterocycles. The van der Waals surface area contributed by atoms with Crippen molar-refractivity contribution < 1.29 is 4.79 Å². The Morgan fingerprint density at radius 2 is 1.95 bits per heavy atom. The maximum atomic E-state index is 12.8. The lowest BCUT2D eigenvalue weighted by molar-refractivity contribution is 0.0989. The number of hydrogen-bond donors (Lipinski definition) is 0. The average Bonchev–Trinajstić information content (AvgIpc) is 3.10. The molecule has 0 saturated carbocycles. The lowest BCUT2D eigenvalue weighted by atomic mass is 10.1. The van der Waals surface area contributed by atoms with Crippen molar-refractivity contribution in [2.24, 2.45) is 7.05 Å². The van der Waals surface area contributed by atoms with E-state index in [4.69, 9.17) is 0 Å². The van der Waals surface area contributed by atoms with E-state index >= 15 is 0 Å². The average molecular weight is 276 g/mol. The van der Waals surface area contributed by atoms with Crippen LogP contribution < -0.4 is 4.90 Å². The third kappa shape index (κ3) is 1.85. The molecule has 3 nitrogen and oxygen atoms in total. The lowest BCUT2D eigenvalue weighted by Gasteiger charge is -2.17. The number of anilines is 1. The number of aryl methyl sites for hydroxylation is 1. The minimum Gasteiger partial charge on any atom is -0.351 e. The van der Waals surface area contributed by atoms with Gasteiger partial charge in [0.15, 0.2) is 0 Å². The van der Waals surface area contributed by atoms with Crippen LogP contribution in [0.15, 0.2) is 54.7 Å². The largest absolute Gasteiger partial charge is 0.351 e. The second-order valence-electron chi connectivity index (χ2n) is 5.54. The lowest BCUT2D eigenvalue weighted by Crippen LogP contribution is -2.28. The van der Waals surface area contributed by atoms with Crippen molar-refractivity contribution in [2.75, 3.05) is 11.4 Å². The zero-order valence-corrected chi connectivity index (χ0v) is 11.9. The summed E-state index contributed by atoms with van der Waals surface area (Å²) in [7, 11) is 2.01. The van der Waals surface area contributed by atoms with Crippen LogP contribution >= 0.6 is 0 Å². The number of amides is 1. The number of para-hydroxylation sites is 1. The summed E-state index contributed by atoms with van der Waals surface area (Å²) in [5, 5.41) is 1.11. The summed E-state index contributed by atoms with van der Waals surface area (Å²) < 4.78 is 2.06. The van der Waals surface area contributed by atoms with Gasteiger partial charge in [-0.25, -0.2) is 0 Å². The van der Waals surface area contributed by atoms with Gasteiger partial charge in [-0.05, 0) is 42.3 Å². The zero-order chi connectivity index (χ0) is 14.4. The van der Waals surface area contributed by atoms with Crippen molar-refractivity contribution in [2.45, 2.75) is 6.42 Å². The molecule has 0 aliphatic carbocycles. The molecule has 1 aliphatic rings. The van der Waals surface area contributed by atoms with Gasteiger partial charge in [0.25, 0.3) is 5.91 Å². The van der Waals surface area contributed by atoms with Gasteiger partial charge in [0, 0.05) is 41.9 Å². The summed E-state index contributed by atoms with van der Waals surface area (Å²) in [6.45, 7) is 0.769. The van der Waals surface area contributed by atoms with E-state index in [0.717, 1.165) is 35.1 Å². The van der Waals surface area contributed by atoms with Crippen molar-refractivity contribution in [3.8, 4) is 0 Å². The fourth-order valence-electron chi connectivity index (χ4n) is 3.12. The van der Waals surface area contributed by atoms with Crippen LogP contribution in [0.4, 0.5) is 5.69 Å². The van der Waals surface area contributed by atoms with Crippen molar-refractivity contribution in [3.05, 3.63) is 65.9 Å². The Morgan fingerprint density at radius 3 is 2.86 bits per heavy atom. The minimum absolute atomic E-state index is 0.0886. The number of hydrogen-bond acceptors (Lipinski definition) is 1. The van der Waals surface area contributed by atoms with Gasteiger partial charge < -0.3 is 9.47 Å². The molecule has 0 spiro atoms. The van der Waals surface area contributed by atoms with Gasteiger partial charge in [-0.1, -0.05) is 18.2 Å². The van der Waals surface area contributed by atoms with Crippen molar-refractivity contribution in [1.29, 1.82) is 0 Å². The maximum absolute atomic E-state index is 12.8. The number of fused-ring (bicyclic) bond motifs is 2. The fraction of sp³-hybridized carbons (Fsp3) is 0.167. The molecule has 2 aromatic carbocycles. The molecule has 1 aliphatic heterocycles. The van der Waals surface area contributed by atoms with Gasteiger partial charge in [0.1, 0.15) is 0 Å². The summed E-state index contributed by atoms with van der Waals surface area (Å²) in [5.74, 6) is 0.0886. The molecule has 0 bridgehead atoms. The van der Waals surface area contributed by atoms with Crippen LogP contribution in [-0.4, -0.2) is 17.0 Å². The molecular weight excluding hydrogens is 260 g/mol. The molecule has 0 radical (unpaired) electrons. The molecule has 104 valence electrons. The smallest absolute Gasteiger partial charge is 0.258 e. The first-order valence-corrected chi connectivity index (χ1v) is 7.19. The highest BCUT2D eigenvalue weighted by Gasteiger charge is 2.25. The zero-order valence-electron chi connectivity index (χ0n) is 11.9. The molecular formula is C18H16N2O. The molecule has 0 fully saturated rings. The minimum atomic E-state index is 0.0886. The number of nitrogens with zero attached hydrogens (tertiary/aromatic N) is 2. The van der Waals surface area contributed by atoms with E-state index in [0.29, 0.717) is 0 Å². The molecule has 21 heavy (non-hydrogen) atoms. The SMILES string of the molecule is Cn1ccc2cc(C(=O)N3CCc4ccccc43)ccc21. The van der Waals surface area contributed by atoms with Gasteiger partial charge in [-0.2, -0.15) is 0 Å². The second kappa shape index (κ2) is 4.48. The highest BCUT2D eigenvalue weighted by Crippen LogP contribution is 2.29. The molecule has 1 amide bonds. The summed E-state index contributed by atoms with van der Waals surface area (Å²) in [4.78, 5) is 14.7. The van der Waals surface area contributed by atoms with Gasteiger partial charge >= 0.3 is 0 Å². The predicted molar refractivity (Wildman–Crippen MR) is 84.7 cm³/mol. The first-order valence-electron chi connectivity index (χ1n) is 7.19. The van der Waals surface area contributed by atoms with Crippen molar-refractivity contribution >= 4 is 22.5 Å². The van der Waals surface area contributed by atoms with E-state index in [1.807, 2.05) is 60.6 Å². The summed E-state index contributed by atoms with van der Waals surface area (Å²) in [6, 6.07) is 16.1. The van der Waals surface area contributed by atoms with Crippen LogP contribution in [0.3, 0.4) is 0 Å². The van der Waals surface area contributed by atoms with Gasteiger partial charge in [-0.3, -0.25) is 4.79 Å². The third-order valence-electron chi connectivity index (χ3n) is 4.26. The number of aromatic nitrogens is 1. The molecule has 0 saturated heterocycles. The monoisotopic (exact) mass is 276 g/mol. The number of benzene rings is 2. The number of rotatable bonds is 1. The van der Waals surface area contributed by atoms with Crippen molar-refractivity contribution in [1.82, 2.24) is 4.57 Å². The fourth-order valence-corrected chi connectivity index (χ4v) is 3.12. The molecule has 0 atom stereocenters. The normalized spacial score (nSPS) is 13.7. The van der Waals surface area contributed by atoms with E-state index in [2.05, 4.69) is 10.6 Å². The first kappa shape index (κ1) is 12.2. The molecule has 0 unspecified atom stereocenters. The van der Waals surface area contributed by atoms with E-state index in [1.165, 1.54) is 5.56 Å². The van der Waals surface area contributed by atoms with E-state index in [9.17, 15) is 4.79 Å². The van der Waals surface area contributed by atoms with Crippen molar-refractivity contribution in [3.63, 3.8) is 0 Å². The Balaban J connectivity index is 1.74. The van der Waals surface area contributed by atoms with Gasteiger partial charge in [0.05, 0.1) is 0 Å². The van der Waals surface area contributed by atoms with Crippen LogP contribution in [0.5, 0.6) is 0 Å². The summed E-state index contributed by atoms with van der Waals surface area (Å²) >= 11 is 0. The van der Waals surface area contributed by atoms with Crippen LogP contribution in [0.1, 0.15) is 15.9 Å². The van der Waals surface area contributed by atoms with Crippen LogP contribution in [-0.2, 0) is 13.5 Å². The Bertz CT molecular complexity index is 847. The molecule has 3 aromatic rings. The van der Waals surface area contributed by atoms with Crippen LogP contribution in [0, 0.1) is 0 Å². The topological polar surface area (TPSA) is 25.2 Å². The Kier molecular flexibility index (Phi) is 2.61. The quantitative estimate of drug-likeness (QED) is 0.669. The summed E-state index contributed by atoms with van der Waals surface area (Å²) in [6.07, 6.45) is 2.96. The third-order valence-corrected chi connectivity index (χ3v) is 4.26. The standard InChI is InChI=1S/C18H16N2O/c1-19-10-8-14-12-15(6-7-16(14)19)18(21)20-11-9-13-4-2-3-5-17(13)20/h2-8,10,12H,9,11H2,1H3. The van der Waals surface area contributed by atoms with Gasteiger partial charge in [0.2, 0.25) is 0 Å². The van der Waals surface area contributed by atoms with Gasteiger partial charge in [-0.15, -0.1) is 0 Å². The number of carbonyl (C=O) groups is 1. The summed E-state index contributed by atoms with van der Waals surface area (Å²) in [5.41, 5.74) is 4.21. The highest BCUT2D eigenvalue weighted by molar-refractivity contribution is 6.08. The van der Waals surface area contributed by atoms with E-state index in [-0.39, 0.29) is 5.91 Å². The van der Waals surface area contributed by atoms with Crippen LogP contribution in [0.2, 0.25) is 0 Å². The molecule has 3 heteroatoms. The number of carbonyl (C=O) groups excluding carboxylic acids is 1. The predicted octanol–water partition coefficient (Wildman–Crippen LogP) is 3.38. The molecule has 4 rings (SSSR count). The second-order valence-corrected chi connectivity index (χ2v) is 5.54. The Hall–Kier alpha value is -2.55. The van der Waals surface area contributed by atoms with E-state index < -0.39 is 0 Å². The van der Waals surface area contributed by atoms with Crippen LogP contribution in [0.25, 0.3) is 10.9 Å². The first-order chi connectivity index (χ1) is 10.2. The van der Waals surface area contributed by atoms with E-state index in [1.54, 1.807) is 0 Å². The maximum Gasteiger partial charge on any atom is 0.258 e. The Labute approximate surface area is 123 Å². The Morgan fingerprint density at radius 1 is 1.10 bits per heavy atom. The molecule has 1 aromatic heterocycles.